The van der Waals surface area contributed by atoms with Gasteiger partial charge >= 0.3 is 6.03 Å². The number of halogens is 1. The van der Waals surface area contributed by atoms with E-state index in [9.17, 15) is 9.59 Å². The number of benzene rings is 2. The van der Waals surface area contributed by atoms with E-state index in [0.29, 0.717) is 11.3 Å². The van der Waals surface area contributed by atoms with Gasteiger partial charge in [0.05, 0.1) is 0 Å². The van der Waals surface area contributed by atoms with Crippen molar-refractivity contribution in [3.8, 4) is 0 Å². The minimum absolute atomic E-state index is 0.0399. The zero-order valence-electron chi connectivity index (χ0n) is 11.7. The molecule has 0 radical (unpaired) electrons. The molecule has 0 fully saturated rings. The van der Waals surface area contributed by atoms with Crippen LogP contribution in [0.3, 0.4) is 0 Å². The number of hydrogen-bond acceptors (Lipinski definition) is 2. The highest BCUT2D eigenvalue weighted by molar-refractivity contribution is 9.10. The summed E-state index contributed by atoms with van der Waals surface area (Å²) in [7, 11) is 0. The van der Waals surface area contributed by atoms with E-state index >= 15 is 0 Å². The topological polar surface area (TPSA) is 58.2 Å². The maximum atomic E-state index is 12.0. The normalized spacial score (nSPS) is 10.0. The standard InChI is InChI=1S/C16H15BrN2O2/c1-10-6-7-13(17)9-15(10)19-16(21)18-14-5-3-4-12(8-14)11(2)20/h3-9H,1-2H3,(H2,18,19,21). The van der Waals surface area contributed by atoms with Crippen LogP contribution < -0.4 is 10.6 Å². The lowest BCUT2D eigenvalue weighted by Crippen LogP contribution is -2.20. The number of aryl methyl sites for hydroxylation is 1. The molecule has 0 aliphatic carbocycles. The average molecular weight is 347 g/mol. The van der Waals surface area contributed by atoms with Crippen LogP contribution in [0.5, 0.6) is 0 Å². The number of hydrogen-bond donors (Lipinski definition) is 2. The number of ketones is 1. The van der Waals surface area contributed by atoms with Gasteiger partial charge in [-0.2, -0.15) is 0 Å². The van der Waals surface area contributed by atoms with E-state index in [-0.39, 0.29) is 11.8 Å². The van der Waals surface area contributed by atoms with Crippen LogP contribution in [0, 0.1) is 6.92 Å². The molecule has 2 aromatic rings. The first-order valence-electron chi connectivity index (χ1n) is 6.41. The Morgan fingerprint density at radius 3 is 2.52 bits per heavy atom. The van der Waals surface area contributed by atoms with Gasteiger partial charge in [0.25, 0.3) is 0 Å². The van der Waals surface area contributed by atoms with E-state index in [0.717, 1.165) is 15.7 Å². The molecule has 21 heavy (non-hydrogen) atoms. The zero-order valence-corrected chi connectivity index (χ0v) is 13.3. The van der Waals surface area contributed by atoms with Crippen LogP contribution in [0.1, 0.15) is 22.8 Å². The van der Waals surface area contributed by atoms with Crippen molar-refractivity contribution in [2.75, 3.05) is 10.6 Å². The fourth-order valence-electron chi connectivity index (χ4n) is 1.83. The van der Waals surface area contributed by atoms with Crippen LogP contribution in [-0.4, -0.2) is 11.8 Å². The van der Waals surface area contributed by atoms with Crippen molar-refractivity contribution in [3.63, 3.8) is 0 Å². The monoisotopic (exact) mass is 346 g/mol. The second kappa shape index (κ2) is 6.54. The summed E-state index contributed by atoms with van der Waals surface area (Å²) in [4.78, 5) is 23.3. The van der Waals surface area contributed by atoms with Crippen molar-refractivity contribution in [2.24, 2.45) is 0 Å². The minimum Gasteiger partial charge on any atom is -0.308 e. The van der Waals surface area contributed by atoms with Gasteiger partial charge in [0.1, 0.15) is 0 Å². The van der Waals surface area contributed by atoms with E-state index in [2.05, 4.69) is 26.6 Å². The van der Waals surface area contributed by atoms with Gasteiger partial charge in [-0.3, -0.25) is 4.79 Å². The summed E-state index contributed by atoms with van der Waals surface area (Å²) in [5.74, 6) is -0.0399. The number of Topliss-reactive ketones (excluding diaryl/α,β-unsaturated/α-hetero) is 1. The Bertz CT molecular complexity index is 698. The molecule has 2 rings (SSSR count). The molecule has 0 saturated carbocycles. The van der Waals surface area contributed by atoms with Crippen molar-refractivity contribution in [3.05, 3.63) is 58.1 Å². The fraction of sp³-hybridized carbons (Fsp3) is 0.125. The second-order valence-electron chi connectivity index (χ2n) is 4.68. The van der Waals surface area contributed by atoms with Crippen molar-refractivity contribution in [2.45, 2.75) is 13.8 Å². The Labute approximate surface area is 131 Å². The van der Waals surface area contributed by atoms with Gasteiger partial charge in [0.15, 0.2) is 5.78 Å². The highest BCUT2D eigenvalue weighted by atomic mass is 79.9. The highest BCUT2D eigenvalue weighted by Gasteiger charge is 2.07. The molecule has 2 amide bonds. The molecule has 108 valence electrons. The first kappa shape index (κ1) is 15.3. The maximum absolute atomic E-state index is 12.0. The summed E-state index contributed by atoms with van der Waals surface area (Å²) in [6.07, 6.45) is 0. The van der Waals surface area contributed by atoms with Gasteiger partial charge in [-0.1, -0.05) is 34.1 Å². The maximum Gasteiger partial charge on any atom is 0.323 e. The van der Waals surface area contributed by atoms with Gasteiger partial charge in [-0.15, -0.1) is 0 Å². The van der Waals surface area contributed by atoms with Crippen molar-refractivity contribution in [1.29, 1.82) is 0 Å². The summed E-state index contributed by atoms with van der Waals surface area (Å²) >= 11 is 3.37. The van der Waals surface area contributed by atoms with E-state index in [1.54, 1.807) is 24.3 Å². The third-order valence-electron chi connectivity index (χ3n) is 2.97. The van der Waals surface area contributed by atoms with Crippen LogP contribution in [-0.2, 0) is 0 Å². The predicted octanol–water partition coefficient (Wildman–Crippen LogP) is 4.60. The molecular formula is C16H15BrN2O2. The number of carbonyl (C=O) groups excluding carboxylic acids is 2. The van der Waals surface area contributed by atoms with Crippen LogP contribution in [0.25, 0.3) is 0 Å². The van der Waals surface area contributed by atoms with Gasteiger partial charge in [-0.05, 0) is 43.7 Å². The van der Waals surface area contributed by atoms with E-state index in [1.807, 2.05) is 25.1 Å². The van der Waals surface area contributed by atoms with Crippen LogP contribution in [0.15, 0.2) is 46.9 Å². The molecule has 2 aromatic carbocycles. The number of carbonyl (C=O) groups is 2. The molecule has 0 heterocycles. The number of anilines is 2. The fourth-order valence-corrected chi connectivity index (χ4v) is 2.19. The lowest BCUT2D eigenvalue weighted by atomic mass is 10.1. The SMILES string of the molecule is CC(=O)c1cccc(NC(=O)Nc2cc(Br)ccc2C)c1. The van der Waals surface area contributed by atoms with Crippen molar-refractivity contribution in [1.82, 2.24) is 0 Å². The van der Waals surface area contributed by atoms with Gasteiger partial charge in [-0.25, -0.2) is 4.79 Å². The Hall–Kier alpha value is -2.14. The Morgan fingerprint density at radius 1 is 1.05 bits per heavy atom. The van der Waals surface area contributed by atoms with E-state index in [4.69, 9.17) is 0 Å². The third-order valence-corrected chi connectivity index (χ3v) is 3.47. The molecule has 0 saturated heterocycles. The van der Waals surface area contributed by atoms with Gasteiger partial charge < -0.3 is 10.6 Å². The lowest BCUT2D eigenvalue weighted by molar-refractivity contribution is 0.101. The largest absolute Gasteiger partial charge is 0.323 e. The summed E-state index contributed by atoms with van der Waals surface area (Å²) in [5.41, 5.74) is 2.83. The molecule has 0 spiro atoms. The van der Waals surface area contributed by atoms with Crippen LogP contribution in [0.2, 0.25) is 0 Å². The van der Waals surface area contributed by atoms with Crippen molar-refractivity contribution >= 4 is 39.1 Å². The average Bonchev–Trinajstić information content (AvgIpc) is 2.43. The van der Waals surface area contributed by atoms with Crippen LogP contribution >= 0.6 is 15.9 Å². The molecule has 0 unspecified atom stereocenters. The Balaban J connectivity index is 2.10. The lowest BCUT2D eigenvalue weighted by Gasteiger charge is -2.10. The molecule has 5 heteroatoms. The third kappa shape index (κ3) is 4.16. The van der Waals surface area contributed by atoms with Crippen LogP contribution in [0.4, 0.5) is 16.2 Å². The molecule has 0 aliphatic heterocycles. The predicted molar refractivity (Wildman–Crippen MR) is 88.0 cm³/mol. The number of nitrogens with one attached hydrogen (secondary N) is 2. The summed E-state index contributed by atoms with van der Waals surface area (Å²) in [5, 5.41) is 5.50. The molecule has 0 bridgehead atoms. The number of urea groups is 1. The minimum atomic E-state index is -0.350. The first-order chi connectivity index (χ1) is 9.95. The molecule has 0 atom stereocenters. The van der Waals surface area contributed by atoms with E-state index < -0.39 is 0 Å². The molecule has 0 aliphatic rings. The Kier molecular flexibility index (Phi) is 4.75. The molecular weight excluding hydrogens is 332 g/mol. The van der Waals surface area contributed by atoms with Gasteiger partial charge in [0.2, 0.25) is 0 Å². The molecule has 2 N–H and O–H groups in total. The Morgan fingerprint density at radius 2 is 1.81 bits per heavy atom. The summed E-state index contributed by atoms with van der Waals surface area (Å²) in [6.45, 7) is 3.41. The van der Waals surface area contributed by atoms with Crippen molar-refractivity contribution < 1.29 is 9.59 Å². The smallest absolute Gasteiger partial charge is 0.308 e. The zero-order chi connectivity index (χ0) is 15.4. The first-order valence-corrected chi connectivity index (χ1v) is 7.20. The molecule has 0 aromatic heterocycles. The second-order valence-corrected chi connectivity index (χ2v) is 5.59. The summed E-state index contributed by atoms with van der Waals surface area (Å²) in [6, 6.07) is 12.1. The highest BCUT2D eigenvalue weighted by Crippen LogP contribution is 2.21. The summed E-state index contributed by atoms with van der Waals surface area (Å²) < 4.78 is 0.891. The number of amides is 2. The van der Waals surface area contributed by atoms with E-state index in [1.165, 1.54) is 6.92 Å². The van der Waals surface area contributed by atoms with Gasteiger partial charge in [0, 0.05) is 21.4 Å². The number of rotatable bonds is 3. The molecule has 4 nitrogen and oxygen atoms in total. The quantitative estimate of drug-likeness (QED) is 0.797.